The van der Waals surface area contributed by atoms with E-state index < -0.39 is 5.91 Å². The van der Waals surface area contributed by atoms with Crippen LogP contribution in [0.3, 0.4) is 0 Å². The van der Waals surface area contributed by atoms with Gasteiger partial charge in [-0.15, -0.1) is 11.3 Å². The molecule has 1 unspecified atom stereocenters. The molecule has 3 aromatic rings. The van der Waals surface area contributed by atoms with E-state index in [1.807, 2.05) is 36.4 Å². The lowest BCUT2D eigenvalue weighted by Gasteiger charge is -2.34. The van der Waals surface area contributed by atoms with Crippen molar-refractivity contribution in [1.82, 2.24) is 9.88 Å². The fourth-order valence-corrected chi connectivity index (χ4v) is 5.13. The predicted octanol–water partition coefficient (Wildman–Crippen LogP) is 4.02. The summed E-state index contributed by atoms with van der Waals surface area (Å²) in [4.78, 5) is 8.32. The van der Waals surface area contributed by atoms with E-state index in [4.69, 9.17) is 0 Å². The third-order valence-electron chi connectivity index (χ3n) is 5.64. The molecule has 2 aromatic carbocycles. The van der Waals surface area contributed by atoms with E-state index in [-0.39, 0.29) is 11.9 Å². The second kappa shape index (κ2) is 9.13. The summed E-state index contributed by atoms with van der Waals surface area (Å²) in [5.41, 5.74) is 3.91. The second-order valence-corrected chi connectivity index (χ2v) is 9.21. The van der Waals surface area contributed by atoms with Gasteiger partial charge in [0.05, 0.1) is 10.4 Å². The molecule has 1 saturated heterocycles. The van der Waals surface area contributed by atoms with Crippen molar-refractivity contribution >= 4 is 34.8 Å². The number of anilines is 2. The fraction of sp³-hybridized carbons (Fsp3) is 0.318. The molecule has 31 heavy (non-hydrogen) atoms. The van der Waals surface area contributed by atoms with Crippen LogP contribution in [0.25, 0.3) is 0 Å². The summed E-state index contributed by atoms with van der Waals surface area (Å²) in [5.74, 6) is -1.63. The Balaban J connectivity index is 1.46. The van der Waals surface area contributed by atoms with Crippen molar-refractivity contribution in [2.45, 2.75) is 30.2 Å². The Hall–Kier alpha value is -2.17. The third-order valence-corrected chi connectivity index (χ3v) is 7.07. The number of thiazole rings is 1. The zero-order valence-electron chi connectivity index (χ0n) is 17.3. The smallest absolute Gasteiger partial charge is 0.253 e. The lowest BCUT2D eigenvalue weighted by molar-refractivity contribution is -0.269. The Labute approximate surface area is 189 Å². The quantitative estimate of drug-likeness (QED) is 0.363. The lowest BCUT2D eigenvalue weighted by Crippen LogP contribution is -2.46. The summed E-state index contributed by atoms with van der Waals surface area (Å²) in [7, 11) is 1.93. The van der Waals surface area contributed by atoms with E-state index in [0.29, 0.717) is 29.4 Å². The van der Waals surface area contributed by atoms with Crippen LogP contribution in [0.2, 0.25) is 0 Å². The maximum atomic E-state index is 14.8. The Morgan fingerprint density at radius 2 is 2.06 bits per heavy atom. The van der Waals surface area contributed by atoms with E-state index in [2.05, 4.69) is 9.71 Å². The van der Waals surface area contributed by atoms with Crippen molar-refractivity contribution in [2.24, 2.45) is 0 Å². The summed E-state index contributed by atoms with van der Waals surface area (Å²) < 4.78 is 17.8. The van der Waals surface area contributed by atoms with Gasteiger partial charge in [0.25, 0.3) is 5.91 Å². The summed E-state index contributed by atoms with van der Waals surface area (Å²) in [5, 5.41) is 23.3. The highest BCUT2D eigenvalue weighted by Gasteiger charge is 2.40. The number of nitrogens with one attached hydrogen (secondary N) is 1. The molecule has 0 bridgehead atoms. The molecule has 0 spiro atoms. The van der Waals surface area contributed by atoms with Gasteiger partial charge in [-0.2, -0.15) is 0 Å². The summed E-state index contributed by atoms with van der Waals surface area (Å²) in [6.07, 6.45) is 0.745. The number of aryl methyl sites for hydroxylation is 1. The van der Waals surface area contributed by atoms with Crippen molar-refractivity contribution in [2.75, 3.05) is 29.8 Å². The lowest BCUT2D eigenvalue weighted by atomic mass is 10.1. The molecule has 6 nitrogen and oxygen atoms in total. The number of aromatic nitrogens is 1. The number of nitrogens with zero attached hydrogens (tertiary/aromatic N) is 3. The topological polar surface area (TPSA) is 71.9 Å². The van der Waals surface area contributed by atoms with Crippen LogP contribution in [0.5, 0.6) is 0 Å². The number of likely N-dealkylation sites (tertiary alicyclic amines) is 1. The molecule has 0 radical (unpaired) electrons. The minimum atomic E-state index is -2.03. The van der Waals surface area contributed by atoms with E-state index >= 15 is 0 Å². The van der Waals surface area contributed by atoms with Crippen molar-refractivity contribution in [1.29, 1.82) is 0 Å². The molecule has 0 saturated carbocycles. The number of aliphatic hydroxyl groups is 2. The van der Waals surface area contributed by atoms with Gasteiger partial charge in [-0.25, -0.2) is 14.3 Å². The van der Waals surface area contributed by atoms with Crippen molar-refractivity contribution in [3.63, 3.8) is 0 Å². The van der Waals surface area contributed by atoms with Crippen molar-refractivity contribution < 1.29 is 14.6 Å². The van der Waals surface area contributed by atoms with Crippen LogP contribution in [-0.2, 0) is 5.91 Å². The minimum Gasteiger partial charge on any atom is -0.370 e. The van der Waals surface area contributed by atoms with Gasteiger partial charge in [0.1, 0.15) is 11.6 Å². The van der Waals surface area contributed by atoms with Gasteiger partial charge in [-0.05, 0) is 43.0 Å². The van der Waals surface area contributed by atoms with Gasteiger partial charge < -0.3 is 19.8 Å². The van der Waals surface area contributed by atoms with Gasteiger partial charge in [0, 0.05) is 42.8 Å². The molecule has 0 aliphatic carbocycles. The summed E-state index contributed by atoms with van der Waals surface area (Å²) in [6.45, 7) is 2.95. The first-order valence-electron chi connectivity index (χ1n) is 9.95. The Bertz CT molecular complexity index is 1020. The van der Waals surface area contributed by atoms with Crippen LogP contribution >= 0.6 is 23.3 Å². The Kier molecular flexibility index (Phi) is 6.49. The largest absolute Gasteiger partial charge is 0.370 e. The fourth-order valence-electron chi connectivity index (χ4n) is 3.86. The molecular weight excluding hydrogens is 435 g/mol. The molecule has 1 atom stereocenters. The number of hydrogen-bond donors (Lipinski definition) is 3. The van der Waals surface area contributed by atoms with Gasteiger partial charge >= 0.3 is 0 Å². The number of likely N-dealkylation sites (N-methyl/N-ethyl adjacent to an activating group) is 1. The highest BCUT2D eigenvalue weighted by atomic mass is 32.2. The van der Waals surface area contributed by atoms with Crippen LogP contribution < -0.4 is 9.62 Å². The molecule has 1 fully saturated rings. The zero-order chi connectivity index (χ0) is 22.0. The first kappa shape index (κ1) is 22.0. The van der Waals surface area contributed by atoms with Gasteiger partial charge in [-0.3, -0.25) is 0 Å². The second-order valence-electron chi connectivity index (χ2n) is 7.65. The number of halogens is 1. The average Bonchev–Trinajstić information content (AvgIpc) is 3.47. The van der Waals surface area contributed by atoms with Gasteiger partial charge in [-0.1, -0.05) is 30.3 Å². The highest BCUT2D eigenvalue weighted by Crippen LogP contribution is 2.34. The van der Waals surface area contributed by atoms with Gasteiger partial charge in [0.2, 0.25) is 0 Å². The molecule has 4 rings (SSSR count). The van der Waals surface area contributed by atoms with E-state index in [1.54, 1.807) is 40.7 Å². The van der Waals surface area contributed by atoms with E-state index in [0.717, 1.165) is 17.7 Å². The van der Waals surface area contributed by atoms with Crippen LogP contribution in [-0.4, -0.2) is 46.3 Å². The van der Waals surface area contributed by atoms with E-state index in [1.165, 1.54) is 23.3 Å². The van der Waals surface area contributed by atoms with Crippen LogP contribution in [0.15, 0.2) is 58.3 Å². The SMILES string of the molecule is Cc1cc(SNc2cscn2)c(F)cc1N(C)C1CCN(C(O)(O)c2ccccc2)C1. The van der Waals surface area contributed by atoms with Gasteiger partial charge in [0.15, 0.2) is 0 Å². The molecule has 0 amide bonds. The predicted molar refractivity (Wildman–Crippen MR) is 124 cm³/mol. The van der Waals surface area contributed by atoms with Crippen LogP contribution in [0.4, 0.5) is 15.9 Å². The molecule has 1 aliphatic rings. The molecule has 9 heteroatoms. The average molecular weight is 461 g/mol. The normalized spacial score (nSPS) is 17.1. The van der Waals surface area contributed by atoms with Crippen LogP contribution in [0, 0.1) is 12.7 Å². The Morgan fingerprint density at radius 3 is 2.77 bits per heavy atom. The molecule has 1 aromatic heterocycles. The minimum absolute atomic E-state index is 0.0344. The first-order valence-corrected chi connectivity index (χ1v) is 11.7. The van der Waals surface area contributed by atoms with Crippen molar-refractivity contribution in [3.8, 4) is 0 Å². The maximum absolute atomic E-state index is 14.8. The molecule has 1 aliphatic heterocycles. The van der Waals surface area contributed by atoms with E-state index in [9.17, 15) is 14.6 Å². The zero-order valence-corrected chi connectivity index (χ0v) is 19.0. The van der Waals surface area contributed by atoms with Crippen LogP contribution in [0.1, 0.15) is 17.5 Å². The number of hydrogen-bond acceptors (Lipinski definition) is 8. The maximum Gasteiger partial charge on any atom is 0.253 e. The molecule has 2 heterocycles. The highest BCUT2D eigenvalue weighted by molar-refractivity contribution is 8.00. The summed E-state index contributed by atoms with van der Waals surface area (Å²) in [6, 6.07) is 12.2. The molecule has 164 valence electrons. The standard InChI is InChI=1S/C22H25FN4O2S2/c1-15-10-20(31-25-21-13-30-14-24-21)18(23)11-19(15)26(2)17-8-9-27(12-17)22(28,29)16-6-4-3-5-7-16/h3-7,10-11,13-14,17,25,28-29H,8-9,12H2,1-2H3. The Morgan fingerprint density at radius 1 is 1.29 bits per heavy atom. The summed E-state index contributed by atoms with van der Waals surface area (Å²) >= 11 is 2.68. The number of rotatable bonds is 7. The number of benzene rings is 2. The molecule has 3 N–H and O–H groups in total. The first-order chi connectivity index (χ1) is 14.9. The monoisotopic (exact) mass is 460 g/mol. The third kappa shape index (κ3) is 4.70. The van der Waals surface area contributed by atoms with Crippen molar-refractivity contribution in [3.05, 3.63) is 70.3 Å². The molecular formula is C22H25FN4O2S2.